The third kappa shape index (κ3) is 4.00. The molecule has 0 aliphatic heterocycles. The van der Waals surface area contributed by atoms with Crippen molar-refractivity contribution >= 4 is 11.6 Å². The van der Waals surface area contributed by atoms with Crippen molar-refractivity contribution in [2.45, 2.75) is 57.4 Å². The largest absolute Gasteiger partial charge is 0.314 e. The van der Waals surface area contributed by atoms with E-state index in [0.717, 1.165) is 11.6 Å². The Balaban J connectivity index is 2.00. The molecule has 100 valence electrons. The minimum absolute atomic E-state index is 0.702. The second kappa shape index (κ2) is 7.16. The quantitative estimate of drug-likeness (QED) is 0.775. The van der Waals surface area contributed by atoms with E-state index in [-0.39, 0.29) is 0 Å². The maximum Gasteiger partial charge on any atom is 0.0406 e. The van der Waals surface area contributed by atoms with Crippen LogP contribution >= 0.6 is 11.6 Å². The van der Waals surface area contributed by atoms with Crippen LogP contribution in [0.1, 0.15) is 56.9 Å². The first-order valence-electron chi connectivity index (χ1n) is 7.28. The van der Waals surface area contributed by atoms with Crippen LogP contribution in [-0.2, 0) is 0 Å². The van der Waals surface area contributed by atoms with E-state index in [4.69, 9.17) is 11.6 Å². The Labute approximate surface area is 116 Å². The summed E-state index contributed by atoms with van der Waals surface area (Å²) in [5.41, 5.74) is 1.46. The molecule has 0 aromatic heterocycles. The minimum atomic E-state index is 0.702. The third-order valence-electron chi connectivity index (χ3n) is 3.95. The average molecular weight is 266 g/mol. The van der Waals surface area contributed by atoms with Gasteiger partial charge in [0.1, 0.15) is 0 Å². The van der Waals surface area contributed by atoms with E-state index in [2.05, 4.69) is 24.4 Å². The Kier molecular flexibility index (Phi) is 5.52. The molecule has 0 radical (unpaired) electrons. The van der Waals surface area contributed by atoms with Crippen molar-refractivity contribution in [3.63, 3.8) is 0 Å². The molecule has 0 heterocycles. The fourth-order valence-corrected chi connectivity index (χ4v) is 3.06. The molecule has 0 saturated heterocycles. The highest BCUT2D eigenvalue weighted by atomic mass is 35.5. The van der Waals surface area contributed by atoms with Gasteiger partial charge in [-0.15, -0.1) is 0 Å². The maximum absolute atomic E-state index is 5.97. The molecule has 1 saturated carbocycles. The molecule has 1 aliphatic carbocycles. The van der Waals surface area contributed by atoms with Gasteiger partial charge in [-0.3, -0.25) is 0 Å². The van der Waals surface area contributed by atoms with Crippen LogP contribution in [0.2, 0.25) is 5.02 Å². The van der Waals surface area contributed by atoms with Crippen molar-refractivity contribution in [3.8, 4) is 0 Å². The standard InChI is InChI=1S/C16H24ClN/c1-2-11-18-16-6-4-3-5-14(12-16)13-7-9-15(17)10-8-13/h7-10,14,16,18H,2-6,11-12H2,1H3. The monoisotopic (exact) mass is 265 g/mol. The first kappa shape index (κ1) is 13.9. The molecule has 2 rings (SSSR count). The zero-order valence-electron chi connectivity index (χ0n) is 11.3. The minimum Gasteiger partial charge on any atom is -0.314 e. The Morgan fingerprint density at radius 3 is 2.61 bits per heavy atom. The highest BCUT2D eigenvalue weighted by Crippen LogP contribution is 2.32. The smallest absolute Gasteiger partial charge is 0.0406 e. The molecular formula is C16H24ClN. The van der Waals surface area contributed by atoms with E-state index < -0.39 is 0 Å². The van der Waals surface area contributed by atoms with E-state index in [1.165, 1.54) is 44.1 Å². The van der Waals surface area contributed by atoms with Gasteiger partial charge in [-0.25, -0.2) is 0 Å². The number of hydrogen-bond acceptors (Lipinski definition) is 1. The van der Waals surface area contributed by atoms with Crippen LogP contribution in [0.25, 0.3) is 0 Å². The molecule has 1 N–H and O–H groups in total. The number of benzene rings is 1. The first-order chi connectivity index (χ1) is 8.79. The van der Waals surface area contributed by atoms with Crippen LogP contribution in [0.15, 0.2) is 24.3 Å². The first-order valence-corrected chi connectivity index (χ1v) is 7.66. The molecule has 1 nitrogen and oxygen atoms in total. The van der Waals surface area contributed by atoms with Crippen LogP contribution in [0.4, 0.5) is 0 Å². The molecular weight excluding hydrogens is 242 g/mol. The van der Waals surface area contributed by atoms with Crippen molar-refractivity contribution in [2.75, 3.05) is 6.54 Å². The zero-order valence-corrected chi connectivity index (χ0v) is 12.0. The van der Waals surface area contributed by atoms with Gasteiger partial charge in [0.15, 0.2) is 0 Å². The molecule has 1 aromatic carbocycles. The predicted molar refractivity (Wildman–Crippen MR) is 79.4 cm³/mol. The Hall–Kier alpha value is -0.530. The SMILES string of the molecule is CCCNC1CCCCC(c2ccc(Cl)cc2)C1. The van der Waals surface area contributed by atoms with Gasteiger partial charge in [-0.1, -0.05) is 43.5 Å². The lowest BCUT2D eigenvalue weighted by Gasteiger charge is -2.21. The van der Waals surface area contributed by atoms with E-state index in [0.29, 0.717) is 12.0 Å². The molecule has 1 fully saturated rings. The lowest BCUT2D eigenvalue weighted by Crippen LogP contribution is -2.30. The molecule has 1 aromatic rings. The van der Waals surface area contributed by atoms with Crippen LogP contribution in [-0.4, -0.2) is 12.6 Å². The molecule has 2 heteroatoms. The van der Waals surface area contributed by atoms with Crippen molar-refractivity contribution in [1.82, 2.24) is 5.32 Å². The molecule has 18 heavy (non-hydrogen) atoms. The zero-order chi connectivity index (χ0) is 12.8. The lowest BCUT2D eigenvalue weighted by atomic mass is 9.90. The molecule has 0 spiro atoms. The Morgan fingerprint density at radius 2 is 1.89 bits per heavy atom. The Morgan fingerprint density at radius 1 is 1.17 bits per heavy atom. The summed E-state index contributed by atoms with van der Waals surface area (Å²) in [4.78, 5) is 0. The number of halogens is 1. The van der Waals surface area contributed by atoms with Crippen LogP contribution in [0.5, 0.6) is 0 Å². The topological polar surface area (TPSA) is 12.0 Å². The summed E-state index contributed by atoms with van der Waals surface area (Å²) in [5.74, 6) is 0.708. The lowest BCUT2D eigenvalue weighted by molar-refractivity contribution is 0.439. The van der Waals surface area contributed by atoms with Gasteiger partial charge in [0.05, 0.1) is 0 Å². The van der Waals surface area contributed by atoms with Gasteiger partial charge < -0.3 is 5.32 Å². The van der Waals surface area contributed by atoms with Crippen molar-refractivity contribution in [1.29, 1.82) is 0 Å². The molecule has 2 unspecified atom stereocenters. The molecule has 0 bridgehead atoms. The van der Waals surface area contributed by atoms with Gasteiger partial charge in [-0.05, 0) is 55.8 Å². The summed E-state index contributed by atoms with van der Waals surface area (Å²) in [7, 11) is 0. The van der Waals surface area contributed by atoms with Crippen molar-refractivity contribution in [3.05, 3.63) is 34.9 Å². The summed E-state index contributed by atoms with van der Waals surface area (Å²) >= 11 is 5.97. The fourth-order valence-electron chi connectivity index (χ4n) is 2.93. The van der Waals surface area contributed by atoms with E-state index in [1.54, 1.807) is 0 Å². The predicted octanol–water partition coefficient (Wildman–Crippen LogP) is 4.76. The molecule has 2 atom stereocenters. The highest BCUT2D eigenvalue weighted by Gasteiger charge is 2.20. The van der Waals surface area contributed by atoms with E-state index in [9.17, 15) is 0 Å². The second-order valence-corrected chi connectivity index (χ2v) is 5.86. The van der Waals surface area contributed by atoms with Gasteiger partial charge in [0.2, 0.25) is 0 Å². The number of hydrogen-bond donors (Lipinski definition) is 1. The summed E-state index contributed by atoms with van der Waals surface area (Å²) in [5, 5.41) is 4.54. The normalized spacial score (nSPS) is 24.8. The average Bonchev–Trinajstić information content (AvgIpc) is 2.63. The fraction of sp³-hybridized carbons (Fsp3) is 0.625. The van der Waals surface area contributed by atoms with Gasteiger partial charge in [-0.2, -0.15) is 0 Å². The van der Waals surface area contributed by atoms with Crippen LogP contribution in [0, 0.1) is 0 Å². The maximum atomic E-state index is 5.97. The number of rotatable bonds is 4. The van der Waals surface area contributed by atoms with Crippen LogP contribution in [0.3, 0.4) is 0 Å². The van der Waals surface area contributed by atoms with Crippen molar-refractivity contribution in [2.24, 2.45) is 0 Å². The van der Waals surface area contributed by atoms with Gasteiger partial charge >= 0.3 is 0 Å². The summed E-state index contributed by atoms with van der Waals surface area (Å²) in [6.45, 7) is 3.39. The van der Waals surface area contributed by atoms with E-state index >= 15 is 0 Å². The van der Waals surface area contributed by atoms with Crippen LogP contribution < -0.4 is 5.32 Å². The summed E-state index contributed by atoms with van der Waals surface area (Å²) < 4.78 is 0. The van der Waals surface area contributed by atoms with Gasteiger partial charge in [0.25, 0.3) is 0 Å². The summed E-state index contributed by atoms with van der Waals surface area (Å²) in [6, 6.07) is 9.16. The highest BCUT2D eigenvalue weighted by molar-refractivity contribution is 6.30. The molecule has 0 amide bonds. The third-order valence-corrected chi connectivity index (χ3v) is 4.20. The molecule has 1 aliphatic rings. The van der Waals surface area contributed by atoms with Gasteiger partial charge in [0, 0.05) is 11.1 Å². The summed E-state index contributed by atoms with van der Waals surface area (Å²) in [6.07, 6.45) is 7.89. The Bertz CT molecular complexity index is 347. The number of nitrogens with one attached hydrogen (secondary N) is 1. The van der Waals surface area contributed by atoms with E-state index in [1.807, 2.05) is 12.1 Å². The second-order valence-electron chi connectivity index (χ2n) is 5.42. The van der Waals surface area contributed by atoms with Crippen molar-refractivity contribution < 1.29 is 0 Å².